The highest BCUT2D eigenvalue weighted by atomic mass is 14.9. The first-order valence-corrected chi connectivity index (χ1v) is 8.21. The lowest BCUT2D eigenvalue weighted by Gasteiger charge is -2.09. The van der Waals surface area contributed by atoms with Gasteiger partial charge in [-0.3, -0.25) is 0 Å². The van der Waals surface area contributed by atoms with Crippen molar-refractivity contribution in [3.63, 3.8) is 0 Å². The van der Waals surface area contributed by atoms with Crippen LogP contribution in [0, 0.1) is 0 Å². The van der Waals surface area contributed by atoms with Gasteiger partial charge in [-0.1, -0.05) is 86.0 Å². The topological polar surface area (TPSA) is 25.8 Å². The van der Waals surface area contributed by atoms with Crippen molar-refractivity contribution in [2.24, 2.45) is 0 Å². The Kier molecular flexibility index (Phi) is 5.00. The summed E-state index contributed by atoms with van der Waals surface area (Å²) in [7, 11) is 0. The van der Waals surface area contributed by atoms with Crippen LogP contribution in [0.1, 0.15) is 18.3 Å². The Balaban J connectivity index is 2.18. The maximum atomic E-state index is 4.75. The molecule has 25 heavy (non-hydrogen) atoms. The number of aromatic nitrogens is 2. The minimum atomic E-state index is 0.682. The fourth-order valence-electron chi connectivity index (χ4n) is 2.61. The minimum Gasteiger partial charge on any atom is -0.228 e. The highest BCUT2D eigenvalue weighted by Gasteiger charge is 2.10. The number of allylic oxidation sites excluding steroid dienone is 3. The van der Waals surface area contributed by atoms with E-state index in [9.17, 15) is 0 Å². The number of hydrogen-bond donors (Lipinski definition) is 0. The van der Waals surface area contributed by atoms with Crippen molar-refractivity contribution in [1.29, 1.82) is 0 Å². The van der Waals surface area contributed by atoms with Crippen LogP contribution in [-0.4, -0.2) is 9.97 Å². The van der Waals surface area contributed by atoms with Crippen LogP contribution in [0.5, 0.6) is 0 Å². The van der Waals surface area contributed by atoms with Gasteiger partial charge in [0.15, 0.2) is 5.82 Å². The fraction of sp³-hybridized carbons (Fsp3) is 0.0435. The van der Waals surface area contributed by atoms with Crippen molar-refractivity contribution in [3.8, 4) is 22.5 Å². The van der Waals surface area contributed by atoms with E-state index in [4.69, 9.17) is 9.97 Å². The molecule has 0 N–H and O–H groups in total. The molecule has 3 rings (SSSR count). The second-order valence-electron chi connectivity index (χ2n) is 5.60. The molecule has 0 radical (unpaired) electrons. The number of hydrogen-bond acceptors (Lipinski definition) is 2. The Labute approximate surface area is 148 Å². The summed E-state index contributed by atoms with van der Waals surface area (Å²) < 4.78 is 0. The molecule has 0 unspecified atom stereocenters. The SMILES string of the molecule is C=C/C(=C\C)c1nc(-c2ccccc2)cc(-c2ccc(C=C)cc2)n1. The number of benzene rings is 2. The summed E-state index contributed by atoms with van der Waals surface area (Å²) in [5, 5.41) is 0. The second-order valence-corrected chi connectivity index (χ2v) is 5.60. The van der Waals surface area contributed by atoms with Crippen molar-refractivity contribution in [2.45, 2.75) is 6.92 Å². The van der Waals surface area contributed by atoms with Crippen molar-refractivity contribution < 1.29 is 0 Å². The second kappa shape index (κ2) is 7.54. The van der Waals surface area contributed by atoms with E-state index in [1.807, 2.05) is 55.5 Å². The molecule has 0 atom stereocenters. The zero-order chi connectivity index (χ0) is 17.6. The third kappa shape index (κ3) is 3.64. The number of nitrogens with zero attached hydrogens (tertiary/aromatic N) is 2. The Bertz CT molecular complexity index is 920. The molecule has 0 fully saturated rings. The zero-order valence-electron chi connectivity index (χ0n) is 14.3. The van der Waals surface area contributed by atoms with Crippen molar-refractivity contribution in [1.82, 2.24) is 9.97 Å². The standard InChI is InChI=1S/C23H20N2/c1-4-17-12-14-20(15-13-17)22-16-21(19-10-8-7-9-11-19)24-23(25-22)18(5-2)6-3/h4-16H,1-2H2,3H3/b18-6+. The Morgan fingerprint density at radius 1 is 0.840 bits per heavy atom. The summed E-state index contributed by atoms with van der Waals surface area (Å²) >= 11 is 0. The van der Waals surface area contributed by atoms with Crippen LogP contribution >= 0.6 is 0 Å². The minimum absolute atomic E-state index is 0.682. The molecule has 0 amide bonds. The van der Waals surface area contributed by atoms with Gasteiger partial charge in [0, 0.05) is 16.7 Å². The highest BCUT2D eigenvalue weighted by Crippen LogP contribution is 2.26. The number of rotatable bonds is 5. The molecule has 0 saturated heterocycles. The van der Waals surface area contributed by atoms with Gasteiger partial charge in [0.25, 0.3) is 0 Å². The van der Waals surface area contributed by atoms with Crippen LogP contribution in [0.4, 0.5) is 0 Å². The van der Waals surface area contributed by atoms with Crippen LogP contribution < -0.4 is 0 Å². The molecule has 2 heteroatoms. The van der Waals surface area contributed by atoms with Gasteiger partial charge in [-0.2, -0.15) is 0 Å². The predicted molar refractivity (Wildman–Crippen MR) is 107 cm³/mol. The van der Waals surface area contributed by atoms with Crippen molar-refractivity contribution in [3.05, 3.63) is 97.4 Å². The van der Waals surface area contributed by atoms with Crippen LogP contribution in [0.15, 0.2) is 86.0 Å². The van der Waals surface area contributed by atoms with Crippen LogP contribution in [0.3, 0.4) is 0 Å². The quantitative estimate of drug-likeness (QED) is 0.534. The van der Waals surface area contributed by atoms with E-state index in [1.54, 1.807) is 6.08 Å². The van der Waals surface area contributed by atoms with E-state index in [-0.39, 0.29) is 0 Å². The molecule has 122 valence electrons. The van der Waals surface area contributed by atoms with Gasteiger partial charge in [0.2, 0.25) is 0 Å². The third-order valence-electron chi connectivity index (χ3n) is 4.03. The maximum absolute atomic E-state index is 4.75. The smallest absolute Gasteiger partial charge is 0.160 e. The molecule has 0 aliphatic carbocycles. The third-order valence-corrected chi connectivity index (χ3v) is 4.03. The molecule has 0 spiro atoms. The van der Waals surface area contributed by atoms with Crippen LogP contribution in [0.2, 0.25) is 0 Å². The van der Waals surface area contributed by atoms with E-state index >= 15 is 0 Å². The van der Waals surface area contributed by atoms with E-state index < -0.39 is 0 Å². The maximum Gasteiger partial charge on any atom is 0.160 e. The summed E-state index contributed by atoms with van der Waals surface area (Å²) in [6, 6.07) is 20.4. The summed E-state index contributed by atoms with van der Waals surface area (Å²) in [5.74, 6) is 0.682. The average Bonchev–Trinajstić information content (AvgIpc) is 2.69. The Hall–Kier alpha value is -3.26. The molecule has 3 aromatic rings. The predicted octanol–water partition coefficient (Wildman–Crippen LogP) is 6.04. The van der Waals surface area contributed by atoms with Crippen LogP contribution in [-0.2, 0) is 0 Å². The first kappa shape index (κ1) is 16.6. The lowest BCUT2D eigenvalue weighted by Crippen LogP contribution is -1.98. The van der Waals surface area contributed by atoms with Crippen molar-refractivity contribution in [2.75, 3.05) is 0 Å². The molecular formula is C23H20N2. The average molecular weight is 324 g/mol. The van der Waals surface area contributed by atoms with Gasteiger partial charge in [-0.25, -0.2) is 9.97 Å². The van der Waals surface area contributed by atoms with E-state index in [1.165, 1.54) is 0 Å². The molecule has 0 aliphatic heterocycles. The van der Waals surface area contributed by atoms with E-state index in [0.717, 1.165) is 33.7 Å². The van der Waals surface area contributed by atoms with Gasteiger partial charge in [0.1, 0.15) is 0 Å². The van der Waals surface area contributed by atoms with E-state index in [2.05, 4.69) is 37.4 Å². The molecular weight excluding hydrogens is 304 g/mol. The monoisotopic (exact) mass is 324 g/mol. The zero-order valence-corrected chi connectivity index (χ0v) is 14.3. The summed E-state index contributed by atoms with van der Waals surface area (Å²) in [6.45, 7) is 9.65. The molecule has 2 nitrogen and oxygen atoms in total. The molecule has 0 saturated carbocycles. The lowest BCUT2D eigenvalue weighted by molar-refractivity contribution is 1.13. The molecule has 0 bridgehead atoms. The Morgan fingerprint density at radius 2 is 1.44 bits per heavy atom. The summed E-state index contributed by atoms with van der Waals surface area (Å²) in [4.78, 5) is 9.49. The van der Waals surface area contributed by atoms with E-state index in [0.29, 0.717) is 5.82 Å². The van der Waals surface area contributed by atoms with Gasteiger partial charge in [0.05, 0.1) is 11.4 Å². The van der Waals surface area contributed by atoms with Gasteiger partial charge in [-0.05, 0) is 18.6 Å². The fourth-order valence-corrected chi connectivity index (χ4v) is 2.61. The molecule has 0 aliphatic rings. The first-order valence-electron chi connectivity index (χ1n) is 8.21. The lowest BCUT2D eigenvalue weighted by atomic mass is 10.1. The highest BCUT2D eigenvalue weighted by molar-refractivity contribution is 5.75. The molecule has 2 aromatic carbocycles. The van der Waals surface area contributed by atoms with Gasteiger partial charge >= 0.3 is 0 Å². The normalized spacial score (nSPS) is 11.2. The molecule has 1 aromatic heterocycles. The molecule has 1 heterocycles. The van der Waals surface area contributed by atoms with Crippen LogP contribution in [0.25, 0.3) is 34.2 Å². The summed E-state index contributed by atoms with van der Waals surface area (Å²) in [5.41, 5.74) is 5.90. The van der Waals surface area contributed by atoms with Crippen molar-refractivity contribution >= 4 is 11.6 Å². The summed E-state index contributed by atoms with van der Waals surface area (Å²) in [6.07, 6.45) is 5.59. The van der Waals surface area contributed by atoms with Gasteiger partial charge < -0.3 is 0 Å². The Morgan fingerprint density at radius 3 is 1.96 bits per heavy atom. The first-order chi connectivity index (χ1) is 12.2. The largest absolute Gasteiger partial charge is 0.228 e. The van der Waals surface area contributed by atoms with Gasteiger partial charge in [-0.15, -0.1) is 0 Å².